The second kappa shape index (κ2) is 10.2. The fourth-order valence-corrected chi connectivity index (χ4v) is 3.69. The van der Waals surface area contributed by atoms with E-state index in [2.05, 4.69) is 27.8 Å². The van der Waals surface area contributed by atoms with Gasteiger partial charge in [0, 0.05) is 20.2 Å². The molecule has 3 amide bonds. The number of thioether (sulfide) groups is 1. The average Bonchev–Trinajstić information content (AvgIpc) is 3.16. The number of methoxy groups -OCH3 is 1. The number of carbonyl (C=O) groups excluding carboxylic acids is 2. The van der Waals surface area contributed by atoms with Gasteiger partial charge in [0.25, 0.3) is 5.56 Å². The van der Waals surface area contributed by atoms with Crippen LogP contribution in [0.1, 0.15) is 19.8 Å². The van der Waals surface area contributed by atoms with Crippen molar-refractivity contribution in [3.8, 4) is 0 Å². The molecule has 0 aliphatic carbocycles. The number of nitrogens with zero attached hydrogens (tertiary/aromatic N) is 4. The molecule has 160 valence electrons. The van der Waals surface area contributed by atoms with E-state index in [0.29, 0.717) is 41.5 Å². The van der Waals surface area contributed by atoms with Gasteiger partial charge < -0.3 is 10.1 Å². The van der Waals surface area contributed by atoms with E-state index < -0.39 is 11.9 Å². The summed E-state index contributed by atoms with van der Waals surface area (Å²) in [6.07, 6.45) is 1.78. The molecule has 0 unspecified atom stereocenters. The number of nitrogens with one attached hydrogen (secondary N) is 2. The summed E-state index contributed by atoms with van der Waals surface area (Å²) >= 11 is 1.15. The number of rotatable bonds is 9. The van der Waals surface area contributed by atoms with Crippen molar-refractivity contribution in [3.63, 3.8) is 0 Å². The second-order valence-electron chi connectivity index (χ2n) is 6.53. The molecule has 11 heteroatoms. The van der Waals surface area contributed by atoms with Crippen molar-refractivity contribution < 1.29 is 14.3 Å². The van der Waals surface area contributed by atoms with Crippen LogP contribution >= 0.6 is 11.8 Å². The van der Waals surface area contributed by atoms with Gasteiger partial charge in [0.05, 0.1) is 23.3 Å². The monoisotopic (exact) mass is 432 g/mol. The number of fused-ring (bicyclic) bond motifs is 3. The molecule has 3 rings (SSSR count). The standard InChI is InChI=1S/C19H24N6O4S/c1-3-4-10-24-16(27)13-7-5-6-8-14(13)25-18(24)22-23-19(25)30-12-15(26)21-17(28)20-9-11-29-2/h5-8H,3-4,9-12H2,1-2H3,(H2,20,21,26,28). The zero-order valence-corrected chi connectivity index (χ0v) is 17.7. The normalized spacial score (nSPS) is 11.1. The van der Waals surface area contributed by atoms with Crippen molar-refractivity contribution in [3.05, 3.63) is 34.6 Å². The summed E-state index contributed by atoms with van der Waals surface area (Å²) in [5.41, 5.74) is 0.566. The largest absolute Gasteiger partial charge is 0.383 e. The van der Waals surface area contributed by atoms with Gasteiger partial charge in [-0.05, 0) is 18.6 Å². The predicted molar refractivity (Wildman–Crippen MR) is 114 cm³/mol. The molecule has 0 bridgehead atoms. The third-order valence-corrected chi connectivity index (χ3v) is 5.32. The maximum atomic E-state index is 12.9. The second-order valence-corrected chi connectivity index (χ2v) is 7.47. The van der Waals surface area contributed by atoms with E-state index in [4.69, 9.17) is 4.74 Å². The summed E-state index contributed by atoms with van der Waals surface area (Å²) in [6, 6.07) is 6.66. The molecule has 0 saturated carbocycles. The third kappa shape index (κ3) is 4.79. The maximum absolute atomic E-state index is 12.9. The van der Waals surface area contributed by atoms with Crippen LogP contribution in [-0.4, -0.2) is 57.1 Å². The quantitative estimate of drug-likeness (QED) is 0.387. The summed E-state index contributed by atoms with van der Waals surface area (Å²) < 4.78 is 8.24. The fourth-order valence-electron chi connectivity index (χ4n) is 2.95. The zero-order chi connectivity index (χ0) is 21.5. The lowest BCUT2D eigenvalue weighted by Gasteiger charge is -2.10. The van der Waals surface area contributed by atoms with E-state index in [1.165, 1.54) is 7.11 Å². The molecule has 2 aromatic heterocycles. The number of hydrogen-bond donors (Lipinski definition) is 2. The number of ether oxygens (including phenoxy) is 1. The van der Waals surface area contributed by atoms with Crippen LogP contribution in [0.5, 0.6) is 0 Å². The molecule has 0 fully saturated rings. The van der Waals surface area contributed by atoms with E-state index in [9.17, 15) is 14.4 Å². The Hall–Kier alpha value is -2.92. The van der Waals surface area contributed by atoms with E-state index in [-0.39, 0.29) is 11.3 Å². The summed E-state index contributed by atoms with van der Waals surface area (Å²) in [4.78, 5) is 36.7. The van der Waals surface area contributed by atoms with Crippen molar-refractivity contribution >= 4 is 40.4 Å². The number of amides is 3. The number of aryl methyl sites for hydroxylation is 1. The number of aromatic nitrogens is 4. The molecule has 1 aromatic carbocycles. The Morgan fingerprint density at radius 2 is 2.03 bits per heavy atom. The molecule has 30 heavy (non-hydrogen) atoms. The van der Waals surface area contributed by atoms with Crippen LogP contribution in [0.4, 0.5) is 4.79 Å². The number of carbonyl (C=O) groups is 2. The minimum absolute atomic E-state index is 0.0269. The van der Waals surface area contributed by atoms with Crippen LogP contribution < -0.4 is 16.2 Å². The summed E-state index contributed by atoms with van der Waals surface area (Å²) in [5, 5.41) is 14.2. The zero-order valence-electron chi connectivity index (χ0n) is 16.9. The Labute approximate surface area is 177 Å². The molecule has 0 aliphatic rings. The smallest absolute Gasteiger partial charge is 0.321 e. The van der Waals surface area contributed by atoms with E-state index in [1.807, 2.05) is 18.2 Å². The highest BCUT2D eigenvalue weighted by Gasteiger charge is 2.17. The highest BCUT2D eigenvalue weighted by atomic mass is 32.2. The number of unbranched alkanes of at least 4 members (excludes halogenated alkanes) is 1. The van der Waals surface area contributed by atoms with Gasteiger partial charge in [-0.15, -0.1) is 10.2 Å². The summed E-state index contributed by atoms with van der Waals surface area (Å²) in [6.45, 7) is 3.25. The maximum Gasteiger partial charge on any atom is 0.321 e. The van der Waals surface area contributed by atoms with Crippen LogP contribution in [-0.2, 0) is 16.1 Å². The van der Waals surface area contributed by atoms with Gasteiger partial charge in [0.2, 0.25) is 11.7 Å². The molecular formula is C19H24N6O4S. The van der Waals surface area contributed by atoms with Crippen molar-refractivity contribution in [2.24, 2.45) is 0 Å². The Balaban J connectivity index is 1.83. The molecular weight excluding hydrogens is 408 g/mol. The number of para-hydroxylation sites is 1. The lowest BCUT2D eigenvalue weighted by Crippen LogP contribution is -2.41. The first kappa shape index (κ1) is 21.8. The molecule has 0 radical (unpaired) electrons. The fraction of sp³-hybridized carbons (Fsp3) is 0.421. The van der Waals surface area contributed by atoms with Gasteiger partial charge in [-0.25, -0.2) is 4.79 Å². The van der Waals surface area contributed by atoms with Gasteiger partial charge in [-0.3, -0.25) is 23.9 Å². The minimum atomic E-state index is -0.581. The van der Waals surface area contributed by atoms with Crippen molar-refractivity contribution in [1.29, 1.82) is 0 Å². The van der Waals surface area contributed by atoms with Crippen molar-refractivity contribution in [2.75, 3.05) is 26.0 Å². The summed E-state index contributed by atoms with van der Waals surface area (Å²) in [5.74, 6) is -0.0522. The van der Waals surface area contributed by atoms with Crippen molar-refractivity contribution in [1.82, 2.24) is 29.8 Å². The highest BCUT2D eigenvalue weighted by molar-refractivity contribution is 7.99. The van der Waals surface area contributed by atoms with Crippen molar-refractivity contribution in [2.45, 2.75) is 31.5 Å². The number of hydrogen-bond acceptors (Lipinski definition) is 7. The van der Waals surface area contributed by atoms with Crippen LogP contribution in [0, 0.1) is 0 Å². The Morgan fingerprint density at radius 1 is 1.23 bits per heavy atom. The lowest BCUT2D eigenvalue weighted by molar-refractivity contribution is -0.117. The van der Waals surface area contributed by atoms with Gasteiger partial charge >= 0.3 is 6.03 Å². The van der Waals surface area contributed by atoms with Crippen LogP contribution in [0.3, 0.4) is 0 Å². The highest BCUT2D eigenvalue weighted by Crippen LogP contribution is 2.21. The average molecular weight is 433 g/mol. The summed E-state index contributed by atoms with van der Waals surface area (Å²) in [7, 11) is 1.52. The first-order valence-corrected chi connectivity index (χ1v) is 10.6. The molecule has 2 heterocycles. The van der Waals surface area contributed by atoms with Gasteiger partial charge in [-0.2, -0.15) is 0 Å². The van der Waals surface area contributed by atoms with E-state index >= 15 is 0 Å². The first-order chi connectivity index (χ1) is 14.6. The topological polar surface area (TPSA) is 120 Å². The number of benzene rings is 1. The third-order valence-electron chi connectivity index (χ3n) is 4.39. The van der Waals surface area contributed by atoms with Gasteiger partial charge in [0.1, 0.15) is 0 Å². The molecule has 0 saturated heterocycles. The SMILES string of the molecule is CCCCn1c(=O)c2ccccc2n2c(SCC(=O)NC(=O)NCCOC)nnc12. The van der Waals surface area contributed by atoms with E-state index in [1.54, 1.807) is 15.0 Å². The van der Waals surface area contributed by atoms with E-state index in [0.717, 1.165) is 24.6 Å². The molecule has 0 atom stereocenters. The lowest BCUT2D eigenvalue weighted by atomic mass is 10.2. The van der Waals surface area contributed by atoms with Crippen LogP contribution in [0.25, 0.3) is 16.7 Å². The van der Waals surface area contributed by atoms with Gasteiger partial charge in [-0.1, -0.05) is 37.2 Å². The molecule has 10 nitrogen and oxygen atoms in total. The predicted octanol–water partition coefficient (Wildman–Crippen LogP) is 1.41. The molecule has 3 aromatic rings. The van der Waals surface area contributed by atoms with Crippen LogP contribution in [0.15, 0.2) is 34.2 Å². The molecule has 0 spiro atoms. The minimum Gasteiger partial charge on any atom is -0.383 e. The first-order valence-electron chi connectivity index (χ1n) is 9.63. The molecule has 0 aliphatic heterocycles. The van der Waals surface area contributed by atoms with Crippen LogP contribution in [0.2, 0.25) is 0 Å². The number of urea groups is 1. The molecule has 2 N–H and O–H groups in total. The Kier molecular flexibility index (Phi) is 7.41. The Morgan fingerprint density at radius 3 is 2.80 bits per heavy atom. The van der Waals surface area contributed by atoms with Gasteiger partial charge in [0.15, 0.2) is 5.16 Å². The Bertz CT molecular complexity index is 1110. The number of imide groups is 1.